The van der Waals surface area contributed by atoms with E-state index in [2.05, 4.69) is 5.32 Å². The van der Waals surface area contributed by atoms with Crippen LogP contribution in [0.5, 0.6) is 0 Å². The number of amides is 1. The highest BCUT2D eigenvalue weighted by Crippen LogP contribution is 2.32. The van der Waals surface area contributed by atoms with Crippen LogP contribution in [0.2, 0.25) is 5.02 Å². The Morgan fingerprint density at radius 1 is 1.26 bits per heavy atom. The number of thiophene rings is 1. The Balaban J connectivity index is 2.26. The molecule has 0 saturated heterocycles. The van der Waals surface area contributed by atoms with Gasteiger partial charge in [0, 0.05) is 17.4 Å². The van der Waals surface area contributed by atoms with Gasteiger partial charge in [-0.2, -0.15) is 0 Å². The van der Waals surface area contributed by atoms with E-state index in [1.54, 1.807) is 37.3 Å². The number of ketones is 1. The molecule has 1 heterocycles. The molecule has 0 bridgehead atoms. The standard InChI is InChI=1S/C19H21ClN2O4S/c1-11(21)18(25)22-19-15(17(24)14-7-3-4-8-16(14)20)10-13(27-19)6-5-9-26-12(2)23/h3-4,7-8,10-11H,5-6,9,21H2,1-2H3,(H,22,25). The summed E-state index contributed by atoms with van der Waals surface area (Å²) in [6.07, 6.45) is 1.22. The molecule has 0 aliphatic carbocycles. The normalized spacial score (nSPS) is 11.7. The van der Waals surface area contributed by atoms with Crippen LogP contribution in [0.1, 0.15) is 41.1 Å². The molecule has 2 rings (SSSR count). The highest BCUT2D eigenvalue weighted by Gasteiger charge is 2.21. The summed E-state index contributed by atoms with van der Waals surface area (Å²) in [5.74, 6) is -0.986. The minimum Gasteiger partial charge on any atom is -0.466 e. The molecular weight excluding hydrogens is 388 g/mol. The molecule has 0 spiro atoms. The van der Waals surface area contributed by atoms with E-state index in [4.69, 9.17) is 22.1 Å². The minimum absolute atomic E-state index is 0.275. The zero-order valence-electron chi connectivity index (χ0n) is 15.1. The van der Waals surface area contributed by atoms with Gasteiger partial charge in [0.25, 0.3) is 0 Å². The highest BCUT2D eigenvalue weighted by molar-refractivity contribution is 7.16. The van der Waals surface area contributed by atoms with Crippen molar-refractivity contribution in [2.45, 2.75) is 32.7 Å². The second kappa shape index (κ2) is 9.64. The summed E-state index contributed by atoms with van der Waals surface area (Å²) in [6.45, 7) is 3.22. The fourth-order valence-electron chi connectivity index (χ4n) is 2.31. The van der Waals surface area contributed by atoms with Gasteiger partial charge in [-0.05, 0) is 38.0 Å². The number of carbonyl (C=O) groups is 3. The summed E-state index contributed by atoms with van der Waals surface area (Å²) in [5, 5.41) is 3.49. The molecule has 0 aliphatic rings. The number of aryl methyl sites for hydroxylation is 1. The van der Waals surface area contributed by atoms with Crippen molar-refractivity contribution >= 4 is 45.6 Å². The lowest BCUT2D eigenvalue weighted by Crippen LogP contribution is -2.32. The second-order valence-corrected chi connectivity index (χ2v) is 7.53. The number of hydrogen-bond acceptors (Lipinski definition) is 6. The SMILES string of the molecule is CC(=O)OCCCc1cc(C(=O)c2ccccc2Cl)c(NC(=O)C(C)N)s1. The number of nitrogens with two attached hydrogens (primary N) is 1. The average molecular weight is 409 g/mol. The summed E-state index contributed by atoms with van der Waals surface area (Å²) in [6, 6.07) is 7.78. The van der Waals surface area contributed by atoms with Gasteiger partial charge in [-0.1, -0.05) is 23.7 Å². The van der Waals surface area contributed by atoms with E-state index in [1.807, 2.05) is 0 Å². The van der Waals surface area contributed by atoms with Crippen molar-refractivity contribution in [3.8, 4) is 0 Å². The van der Waals surface area contributed by atoms with Crippen LogP contribution in [0, 0.1) is 0 Å². The van der Waals surface area contributed by atoms with Gasteiger partial charge in [-0.25, -0.2) is 0 Å². The summed E-state index contributed by atoms with van der Waals surface area (Å²) < 4.78 is 4.92. The van der Waals surface area contributed by atoms with E-state index in [0.29, 0.717) is 40.6 Å². The lowest BCUT2D eigenvalue weighted by Gasteiger charge is -2.08. The molecule has 3 N–H and O–H groups in total. The Morgan fingerprint density at radius 2 is 1.96 bits per heavy atom. The molecule has 2 aromatic rings. The first-order valence-electron chi connectivity index (χ1n) is 8.41. The molecule has 0 fully saturated rings. The van der Waals surface area contributed by atoms with Gasteiger partial charge in [0.05, 0.1) is 23.2 Å². The maximum Gasteiger partial charge on any atom is 0.302 e. The largest absolute Gasteiger partial charge is 0.466 e. The van der Waals surface area contributed by atoms with E-state index in [9.17, 15) is 14.4 Å². The topological polar surface area (TPSA) is 98.5 Å². The number of nitrogens with one attached hydrogen (secondary N) is 1. The van der Waals surface area contributed by atoms with Crippen LogP contribution in [-0.2, 0) is 20.7 Å². The number of halogens is 1. The van der Waals surface area contributed by atoms with Crippen molar-refractivity contribution in [1.82, 2.24) is 0 Å². The van der Waals surface area contributed by atoms with Crippen molar-refractivity contribution in [3.63, 3.8) is 0 Å². The lowest BCUT2D eigenvalue weighted by atomic mass is 10.0. The van der Waals surface area contributed by atoms with Crippen LogP contribution in [0.4, 0.5) is 5.00 Å². The van der Waals surface area contributed by atoms with Crippen LogP contribution in [-0.4, -0.2) is 30.3 Å². The van der Waals surface area contributed by atoms with Gasteiger partial charge >= 0.3 is 5.97 Å². The molecule has 27 heavy (non-hydrogen) atoms. The van der Waals surface area contributed by atoms with E-state index in [-0.39, 0.29) is 17.7 Å². The third-order valence-corrected chi connectivity index (χ3v) is 5.11. The number of rotatable bonds is 8. The molecule has 144 valence electrons. The Kier molecular flexibility index (Phi) is 7.53. The fourth-order valence-corrected chi connectivity index (χ4v) is 3.63. The zero-order chi connectivity index (χ0) is 20.0. The molecule has 0 saturated carbocycles. The molecule has 1 atom stereocenters. The van der Waals surface area contributed by atoms with Gasteiger partial charge < -0.3 is 15.8 Å². The van der Waals surface area contributed by atoms with E-state index in [0.717, 1.165) is 4.88 Å². The molecule has 1 aromatic heterocycles. The maximum absolute atomic E-state index is 12.9. The molecular formula is C19H21ClN2O4S. The summed E-state index contributed by atoms with van der Waals surface area (Å²) in [7, 11) is 0. The fraction of sp³-hybridized carbons (Fsp3) is 0.316. The first-order chi connectivity index (χ1) is 12.8. The smallest absolute Gasteiger partial charge is 0.302 e. The molecule has 8 heteroatoms. The molecule has 0 radical (unpaired) electrons. The van der Waals surface area contributed by atoms with Crippen molar-refractivity contribution < 1.29 is 19.1 Å². The molecule has 1 unspecified atom stereocenters. The van der Waals surface area contributed by atoms with Gasteiger partial charge in [-0.3, -0.25) is 14.4 Å². The number of ether oxygens (including phenoxy) is 1. The average Bonchev–Trinajstić information content (AvgIpc) is 3.01. The number of carbonyl (C=O) groups excluding carboxylic acids is 3. The predicted octanol–water partition coefficient (Wildman–Crippen LogP) is 3.41. The maximum atomic E-state index is 12.9. The lowest BCUT2D eigenvalue weighted by molar-refractivity contribution is -0.141. The summed E-state index contributed by atoms with van der Waals surface area (Å²) in [5.41, 5.74) is 6.34. The third-order valence-electron chi connectivity index (χ3n) is 3.67. The number of benzene rings is 1. The second-order valence-electron chi connectivity index (χ2n) is 5.99. The van der Waals surface area contributed by atoms with Crippen LogP contribution >= 0.6 is 22.9 Å². The Bertz CT molecular complexity index is 848. The van der Waals surface area contributed by atoms with Gasteiger partial charge in [0.1, 0.15) is 5.00 Å². The molecule has 1 aromatic carbocycles. The third kappa shape index (κ3) is 5.89. The van der Waals surface area contributed by atoms with Gasteiger partial charge in [0.2, 0.25) is 5.91 Å². The quantitative estimate of drug-likeness (QED) is 0.396. The number of anilines is 1. The van der Waals surface area contributed by atoms with Crippen LogP contribution in [0.15, 0.2) is 30.3 Å². The Labute approximate surface area is 166 Å². The first-order valence-corrected chi connectivity index (χ1v) is 9.60. The van der Waals surface area contributed by atoms with Crippen molar-refractivity contribution in [2.75, 3.05) is 11.9 Å². The molecule has 1 amide bonds. The first kappa shape index (κ1) is 21.1. The van der Waals surface area contributed by atoms with Crippen molar-refractivity contribution in [3.05, 3.63) is 51.4 Å². The molecule has 0 aliphatic heterocycles. The summed E-state index contributed by atoms with van der Waals surface area (Å²) in [4.78, 5) is 36.7. The number of hydrogen-bond donors (Lipinski definition) is 2. The predicted molar refractivity (Wildman–Crippen MR) is 106 cm³/mol. The minimum atomic E-state index is -0.706. The van der Waals surface area contributed by atoms with E-state index < -0.39 is 6.04 Å². The van der Waals surface area contributed by atoms with Gasteiger partial charge in [0.15, 0.2) is 5.78 Å². The van der Waals surface area contributed by atoms with Gasteiger partial charge in [-0.15, -0.1) is 11.3 Å². The highest BCUT2D eigenvalue weighted by atomic mass is 35.5. The molecule has 6 nitrogen and oxygen atoms in total. The van der Waals surface area contributed by atoms with E-state index in [1.165, 1.54) is 18.3 Å². The van der Waals surface area contributed by atoms with Crippen LogP contribution < -0.4 is 11.1 Å². The summed E-state index contributed by atoms with van der Waals surface area (Å²) >= 11 is 7.44. The van der Waals surface area contributed by atoms with Crippen LogP contribution in [0.3, 0.4) is 0 Å². The Hall–Kier alpha value is -2.22. The van der Waals surface area contributed by atoms with Crippen molar-refractivity contribution in [2.24, 2.45) is 5.73 Å². The van der Waals surface area contributed by atoms with Crippen LogP contribution in [0.25, 0.3) is 0 Å². The zero-order valence-corrected chi connectivity index (χ0v) is 16.7. The van der Waals surface area contributed by atoms with Crippen molar-refractivity contribution in [1.29, 1.82) is 0 Å². The Morgan fingerprint density at radius 3 is 2.59 bits per heavy atom. The number of esters is 1. The van der Waals surface area contributed by atoms with E-state index >= 15 is 0 Å². The monoisotopic (exact) mass is 408 g/mol.